The maximum Gasteiger partial charge on any atom is 0.416 e. The largest absolute Gasteiger partial charge is 0.416 e. The normalized spacial score (nSPS) is 16.0. The lowest BCUT2D eigenvalue weighted by molar-refractivity contribution is -0.137. The highest BCUT2D eigenvalue weighted by atomic mass is 19.4. The van der Waals surface area contributed by atoms with Gasteiger partial charge >= 0.3 is 6.18 Å². The van der Waals surface area contributed by atoms with Gasteiger partial charge in [0.2, 0.25) is 5.91 Å². The standard InChI is InChI=1S/C14H17F3N2O2/c15-14(16,17)12-3-1-11(2-4-12)9-18-10-13(20)19-5-7-21-8-6-19/h1-4,18H,5-10H2. The van der Waals surface area contributed by atoms with E-state index in [0.29, 0.717) is 38.4 Å². The highest BCUT2D eigenvalue weighted by Gasteiger charge is 2.29. The van der Waals surface area contributed by atoms with Crippen LogP contribution in [0.25, 0.3) is 0 Å². The zero-order valence-electron chi connectivity index (χ0n) is 11.4. The average molecular weight is 302 g/mol. The monoisotopic (exact) mass is 302 g/mol. The summed E-state index contributed by atoms with van der Waals surface area (Å²) in [6, 6.07) is 4.91. The summed E-state index contributed by atoms with van der Waals surface area (Å²) in [7, 11) is 0. The fraction of sp³-hybridized carbons (Fsp3) is 0.500. The van der Waals surface area contributed by atoms with Crippen LogP contribution in [0.15, 0.2) is 24.3 Å². The van der Waals surface area contributed by atoms with E-state index in [1.54, 1.807) is 4.90 Å². The van der Waals surface area contributed by atoms with E-state index >= 15 is 0 Å². The summed E-state index contributed by atoms with van der Waals surface area (Å²) >= 11 is 0. The van der Waals surface area contributed by atoms with E-state index in [9.17, 15) is 18.0 Å². The summed E-state index contributed by atoms with van der Waals surface area (Å²) in [6.07, 6.45) is -4.32. The fourth-order valence-corrected chi connectivity index (χ4v) is 2.05. The number of alkyl halides is 3. The van der Waals surface area contributed by atoms with E-state index in [1.807, 2.05) is 0 Å². The Hall–Kier alpha value is -1.60. The van der Waals surface area contributed by atoms with Gasteiger partial charge in [0.25, 0.3) is 0 Å². The van der Waals surface area contributed by atoms with E-state index in [1.165, 1.54) is 12.1 Å². The Kier molecular flexibility index (Phi) is 5.19. The summed E-state index contributed by atoms with van der Waals surface area (Å²) < 4.78 is 42.4. The van der Waals surface area contributed by atoms with Gasteiger partial charge in [0, 0.05) is 19.6 Å². The van der Waals surface area contributed by atoms with Gasteiger partial charge in [-0.05, 0) is 17.7 Å². The van der Waals surface area contributed by atoms with Crippen LogP contribution in [0.5, 0.6) is 0 Å². The number of hydrogen-bond donors (Lipinski definition) is 1. The number of carbonyl (C=O) groups excluding carboxylic acids is 1. The minimum absolute atomic E-state index is 0.0230. The van der Waals surface area contributed by atoms with E-state index in [2.05, 4.69) is 5.32 Å². The number of amides is 1. The first-order valence-corrected chi connectivity index (χ1v) is 6.69. The molecule has 0 saturated carbocycles. The molecule has 2 rings (SSSR count). The molecule has 116 valence electrons. The molecule has 1 heterocycles. The van der Waals surface area contributed by atoms with Crippen LogP contribution in [0.1, 0.15) is 11.1 Å². The molecular formula is C14H17F3N2O2. The molecule has 1 aromatic carbocycles. The van der Waals surface area contributed by atoms with Gasteiger partial charge in [-0.25, -0.2) is 0 Å². The van der Waals surface area contributed by atoms with Crippen LogP contribution in [0.4, 0.5) is 13.2 Å². The quantitative estimate of drug-likeness (QED) is 0.919. The summed E-state index contributed by atoms with van der Waals surface area (Å²) in [5, 5.41) is 2.94. The van der Waals surface area contributed by atoms with Crippen LogP contribution in [-0.2, 0) is 22.3 Å². The van der Waals surface area contributed by atoms with Crippen molar-refractivity contribution in [1.82, 2.24) is 10.2 Å². The van der Waals surface area contributed by atoms with E-state index in [0.717, 1.165) is 12.1 Å². The Balaban J connectivity index is 1.76. The van der Waals surface area contributed by atoms with Crippen molar-refractivity contribution in [3.8, 4) is 0 Å². The van der Waals surface area contributed by atoms with Gasteiger partial charge in [0.1, 0.15) is 0 Å². The molecule has 21 heavy (non-hydrogen) atoms. The minimum Gasteiger partial charge on any atom is -0.378 e. The Labute approximate surface area is 120 Å². The molecule has 1 amide bonds. The van der Waals surface area contributed by atoms with Crippen molar-refractivity contribution in [3.63, 3.8) is 0 Å². The third-order valence-electron chi connectivity index (χ3n) is 3.25. The van der Waals surface area contributed by atoms with Gasteiger partial charge < -0.3 is 15.0 Å². The molecule has 1 saturated heterocycles. The molecule has 0 radical (unpaired) electrons. The fourth-order valence-electron chi connectivity index (χ4n) is 2.05. The van der Waals surface area contributed by atoms with Crippen LogP contribution in [0.2, 0.25) is 0 Å². The molecule has 0 bridgehead atoms. The number of hydrogen-bond acceptors (Lipinski definition) is 3. The molecular weight excluding hydrogens is 285 g/mol. The lowest BCUT2D eigenvalue weighted by atomic mass is 10.1. The van der Waals surface area contributed by atoms with Crippen molar-refractivity contribution >= 4 is 5.91 Å². The SMILES string of the molecule is O=C(CNCc1ccc(C(F)(F)F)cc1)N1CCOCC1. The van der Waals surface area contributed by atoms with Crippen LogP contribution >= 0.6 is 0 Å². The smallest absolute Gasteiger partial charge is 0.378 e. The summed E-state index contributed by atoms with van der Waals surface area (Å²) in [4.78, 5) is 13.5. The van der Waals surface area contributed by atoms with Crippen LogP contribution in [-0.4, -0.2) is 43.7 Å². The molecule has 1 aliphatic heterocycles. The predicted octanol–water partition coefficient (Wildman–Crippen LogP) is 1.65. The number of nitrogens with zero attached hydrogens (tertiary/aromatic N) is 1. The highest BCUT2D eigenvalue weighted by molar-refractivity contribution is 5.78. The van der Waals surface area contributed by atoms with Crippen molar-refractivity contribution in [2.45, 2.75) is 12.7 Å². The number of morpholine rings is 1. The number of rotatable bonds is 4. The summed E-state index contributed by atoms with van der Waals surface area (Å²) in [5.41, 5.74) is 0.0356. The van der Waals surface area contributed by atoms with Crippen LogP contribution < -0.4 is 5.32 Å². The first-order valence-electron chi connectivity index (χ1n) is 6.69. The average Bonchev–Trinajstić information content (AvgIpc) is 2.47. The zero-order valence-corrected chi connectivity index (χ0v) is 11.4. The summed E-state index contributed by atoms with van der Waals surface area (Å²) in [6.45, 7) is 2.78. The predicted molar refractivity (Wildman–Crippen MR) is 70.5 cm³/mol. The number of benzene rings is 1. The Morgan fingerprint density at radius 3 is 2.38 bits per heavy atom. The molecule has 0 atom stereocenters. The van der Waals surface area contributed by atoms with Gasteiger partial charge in [0.05, 0.1) is 25.3 Å². The molecule has 0 spiro atoms. The second-order valence-electron chi connectivity index (χ2n) is 4.79. The van der Waals surface area contributed by atoms with Crippen molar-refractivity contribution in [2.75, 3.05) is 32.8 Å². The van der Waals surface area contributed by atoms with Crippen molar-refractivity contribution in [2.24, 2.45) is 0 Å². The van der Waals surface area contributed by atoms with Crippen molar-refractivity contribution in [3.05, 3.63) is 35.4 Å². The van der Waals surface area contributed by atoms with E-state index in [4.69, 9.17) is 4.74 Å². The lowest BCUT2D eigenvalue weighted by Gasteiger charge is -2.26. The Morgan fingerprint density at radius 2 is 1.81 bits per heavy atom. The molecule has 1 aromatic rings. The molecule has 0 aliphatic carbocycles. The zero-order chi connectivity index (χ0) is 15.3. The topological polar surface area (TPSA) is 41.6 Å². The first kappa shape index (κ1) is 15.8. The third kappa shape index (κ3) is 4.71. The van der Waals surface area contributed by atoms with Crippen molar-refractivity contribution in [1.29, 1.82) is 0 Å². The van der Waals surface area contributed by atoms with E-state index < -0.39 is 11.7 Å². The van der Waals surface area contributed by atoms with E-state index in [-0.39, 0.29) is 12.5 Å². The number of nitrogens with one attached hydrogen (secondary N) is 1. The number of carbonyl (C=O) groups is 1. The molecule has 1 aliphatic rings. The maximum absolute atomic E-state index is 12.4. The molecule has 0 unspecified atom stereocenters. The molecule has 0 aromatic heterocycles. The van der Waals surface area contributed by atoms with Gasteiger partial charge in [0.15, 0.2) is 0 Å². The van der Waals surface area contributed by atoms with Gasteiger partial charge in [-0.1, -0.05) is 12.1 Å². The lowest BCUT2D eigenvalue weighted by Crippen LogP contribution is -2.44. The van der Waals surface area contributed by atoms with Gasteiger partial charge in [-0.3, -0.25) is 4.79 Å². The molecule has 1 fully saturated rings. The van der Waals surface area contributed by atoms with Crippen molar-refractivity contribution < 1.29 is 22.7 Å². The molecule has 7 heteroatoms. The Bertz CT molecular complexity index is 468. The maximum atomic E-state index is 12.4. The second-order valence-corrected chi connectivity index (χ2v) is 4.79. The number of halogens is 3. The van der Waals surface area contributed by atoms with Crippen LogP contribution in [0, 0.1) is 0 Å². The summed E-state index contributed by atoms with van der Waals surface area (Å²) in [5.74, 6) is -0.0230. The minimum atomic E-state index is -4.32. The van der Waals surface area contributed by atoms with Gasteiger partial charge in [-0.2, -0.15) is 13.2 Å². The second kappa shape index (κ2) is 6.91. The highest BCUT2D eigenvalue weighted by Crippen LogP contribution is 2.28. The third-order valence-corrected chi connectivity index (χ3v) is 3.25. The molecule has 1 N–H and O–H groups in total. The van der Waals surface area contributed by atoms with Crippen LogP contribution in [0.3, 0.4) is 0 Å². The van der Waals surface area contributed by atoms with Gasteiger partial charge in [-0.15, -0.1) is 0 Å². The first-order chi connectivity index (χ1) is 9.97. The molecule has 4 nitrogen and oxygen atoms in total. The Morgan fingerprint density at radius 1 is 1.19 bits per heavy atom. The number of ether oxygens (including phenoxy) is 1.